The van der Waals surface area contributed by atoms with Gasteiger partial charge in [0.1, 0.15) is 30.3 Å². The molecule has 2 N–H and O–H groups in total. The standard InChI is InChI=1S/C20H20FN7O/c1-11(15-6-12-2-5-16(25-12)19(15)21)20-22-8-17(26-27-20)14-4-3-13(7-18(14)29)28-9-23-24-10-28/h3-4,7-10,12,15-16,19,25,29H,1-2,5-6H2/t12?,15-,16?,19+/m1/s1. The molecule has 2 aliphatic heterocycles. The molecule has 4 heterocycles. The number of hydrogen-bond donors (Lipinski definition) is 2. The maximum Gasteiger partial charge on any atom is 0.177 e. The summed E-state index contributed by atoms with van der Waals surface area (Å²) in [6.45, 7) is 4.06. The van der Waals surface area contributed by atoms with Gasteiger partial charge < -0.3 is 10.4 Å². The fraction of sp³-hybridized carbons (Fsp3) is 0.350. The molecule has 0 amide bonds. The van der Waals surface area contributed by atoms with Crippen molar-refractivity contribution in [3.8, 4) is 22.7 Å². The fourth-order valence-electron chi connectivity index (χ4n) is 4.28. The Morgan fingerprint density at radius 3 is 2.76 bits per heavy atom. The van der Waals surface area contributed by atoms with Crippen molar-refractivity contribution in [1.29, 1.82) is 0 Å². The van der Waals surface area contributed by atoms with Gasteiger partial charge in [-0.05, 0) is 37.0 Å². The van der Waals surface area contributed by atoms with Crippen LogP contribution in [0, 0.1) is 5.92 Å². The van der Waals surface area contributed by atoms with Gasteiger partial charge in [-0.1, -0.05) is 6.58 Å². The Bertz CT molecular complexity index is 1040. The van der Waals surface area contributed by atoms with Gasteiger partial charge in [0, 0.05) is 29.6 Å². The number of nitrogens with zero attached hydrogens (tertiary/aromatic N) is 6. The minimum Gasteiger partial charge on any atom is -0.507 e. The van der Waals surface area contributed by atoms with Gasteiger partial charge in [-0.3, -0.25) is 4.57 Å². The summed E-state index contributed by atoms with van der Waals surface area (Å²) in [5.74, 6) is 0.0961. The number of allylic oxidation sites excluding steroid dienone is 1. The molecule has 29 heavy (non-hydrogen) atoms. The summed E-state index contributed by atoms with van der Waals surface area (Å²) in [6.07, 6.45) is 6.19. The number of benzene rings is 1. The van der Waals surface area contributed by atoms with E-state index >= 15 is 0 Å². The van der Waals surface area contributed by atoms with E-state index in [1.807, 2.05) is 6.07 Å². The third-order valence-electron chi connectivity index (χ3n) is 5.85. The molecule has 0 saturated carbocycles. The van der Waals surface area contributed by atoms with Crippen LogP contribution in [0.15, 0.2) is 43.6 Å². The van der Waals surface area contributed by atoms with E-state index < -0.39 is 6.17 Å². The predicted octanol–water partition coefficient (Wildman–Crippen LogP) is 2.32. The summed E-state index contributed by atoms with van der Waals surface area (Å²) < 4.78 is 16.5. The van der Waals surface area contributed by atoms with Crippen molar-refractivity contribution in [2.45, 2.75) is 37.5 Å². The van der Waals surface area contributed by atoms with Gasteiger partial charge in [0.2, 0.25) is 0 Å². The van der Waals surface area contributed by atoms with Crippen LogP contribution in [0.5, 0.6) is 5.75 Å². The molecule has 3 aromatic rings. The number of halogens is 1. The van der Waals surface area contributed by atoms with Gasteiger partial charge in [0.25, 0.3) is 0 Å². The molecule has 0 radical (unpaired) electrons. The maximum atomic E-state index is 14.8. The number of piperidine rings is 1. The Hall–Kier alpha value is -3.20. The molecule has 148 valence electrons. The van der Waals surface area contributed by atoms with Gasteiger partial charge in [0.05, 0.1) is 11.9 Å². The molecule has 9 heteroatoms. The van der Waals surface area contributed by atoms with E-state index in [0.29, 0.717) is 35.1 Å². The molecule has 5 rings (SSSR count). The zero-order valence-electron chi connectivity index (χ0n) is 15.6. The van der Waals surface area contributed by atoms with E-state index in [0.717, 1.165) is 18.5 Å². The van der Waals surface area contributed by atoms with Crippen LogP contribution in [0.1, 0.15) is 25.1 Å². The fourth-order valence-corrected chi connectivity index (χ4v) is 4.28. The SMILES string of the molecule is C=C(c1ncc(-c2ccc(-n3cnnc3)cc2O)nn1)[C@H]1CC2CCC(N2)[C@H]1F. The number of nitrogens with one attached hydrogen (secondary N) is 1. The van der Waals surface area contributed by atoms with Crippen LogP contribution in [0.2, 0.25) is 0 Å². The second-order valence-electron chi connectivity index (χ2n) is 7.60. The number of phenolic OH excluding ortho intramolecular Hbond substituents is 1. The van der Waals surface area contributed by atoms with Crippen LogP contribution in [-0.2, 0) is 0 Å². The summed E-state index contributed by atoms with van der Waals surface area (Å²) in [5, 5.41) is 29.6. The van der Waals surface area contributed by atoms with Crippen LogP contribution < -0.4 is 5.32 Å². The Morgan fingerprint density at radius 2 is 2.03 bits per heavy atom. The first kappa shape index (κ1) is 17.9. The Balaban J connectivity index is 1.37. The third-order valence-corrected chi connectivity index (χ3v) is 5.85. The lowest BCUT2D eigenvalue weighted by atomic mass is 9.84. The van der Waals surface area contributed by atoms with E-state index in [4.69, 9.17) is 0 Å². The predicted molar refractivity (Wildman–Crippen MR) is 104 cm³/mol. The first-order valence-electron chi connectivity index (χ1n) is 9.57. The van der Waals surface area contributed by atoms with Gasteiger partial charge in [-0.25, -0.2) is 9.37 Å². The zero-order chi connectivity index (χ0) is 20.0. The highest BCUT2D eigenvalue weighted by molar-refractivity contribution is 5.68. The van der Waals surface area contributed by atoms with Crippen molar-refractivity contribution in [2.75, 3.05) is 0 Å². The van der Waals surface area contributed by atoms with Gasteiger partial charge in [-0.2, -0.15) is 0 Å². The molecule has 2 saturated heterocycles. The number of fused-ring (bicyclic) bond motifs is 2. The average molecular weight is 393 g/mol. The summed E-state index contributed by atoms with van der Waals surface area (Å²) in [4.78, 5) is 4.35. The van der Waals surface area contributed by atoms with Crippen molar-refractivity contribution < 1.29 is 9.50 Å². The van der Waals surface area contributed by atoms with E-state index in [1.165, 1.54) is 6.20 Å². The summed E-state index contributed by atoms with van der Waals surface area (Å²) >= 11 is 0. The molecule has 0 aliphatic carbocycles. The topological polar surface area (TPSA) is 102 Å². The smallest absolute Gasteiger partial charge is 0.177 e. The molecule has 1 aromatic carbocycles. The largest absolute Gasteiger partial charge is 0.507 e. The van der Waals surface area contributed by atoms with Crippen molar-refractivity contribution in [1.82, 2.24) is 35.3 Å². The number of rotatable bonds is 4. The van der Waals surface area contributed by atoms with Gasteiger partial charge >= 0.3 is 0 Å². The highest BCUT2D eigenvalue weighted by Crippen LogP contribution is 2.39. The van der Waals surface area contributed by atoms with Crippen molar-refractivity contribution in [3.05, 3.63) is 49.5 Å². The Labute approximate surface area is 166 Å². The highest BCUT2D eigenvalue weighted by Gasteiger charge is 2.43. The zero-order valence-corrected chi connectivity index (χ0v) is 15.6. The minimum absolute atomic E-state index is 0.0395. The lowest BCUT2D eigenvalue weighted by Crippen LogP contribution is -2.47. The van der Waals surface area contributed by atoms with E-state index in [2.05, 4.69) is 37.3 Å². The quantitative estimate of drug-likeness (QED) is 0.701. The lowest BCUT2D eigenvalue weighted by molar-refractivity contribution is 0.167. The third kappa shape index (κ3) is 3.17. The van der Waals surface area contributed by atoms with Crippen LogP contribution in [0.4, 0.5) is 4.39 Å². The van der Waals surface area contributed by atoms with Gasteiger partial charge in [-0.15, -0.1) is 20.4 Å². The van der Waals surface area contributed by atoms with Gasteiger partial charge in [0.15, 0.2) is 5.82 Å². The average Bonchev–Trinajstić information content (AvgIpc) is 3.41. The maximum absolute atomic E-state index is 14.8. The first-order chi connectivity index (χ1) is 14.1. The highest BCUT2D eigenvalue weighted by atomic mass is 19.1. The van der Waals surface area contributed by atoms with E-state index in [-0.39, 0.29) is 17.7 Å². The normalized spacial score (nSPS) is 25.8. The second kappa shape index (κ2) is 7.00. The van der Waals surface area contributed by atoms with Crippen LogP contribution >= 0.6 is 0 Å². The number of aromatic nitrogens is 6. The van der Waals surface area contributed by atoms with Crippen LogP contribution in [0.3, 0.4) is 0 Å². The molecule has 2 aromatic heterocycles. The Kier molecular flexibility index (Phi) is 4.31. The van der Waals surface area contributed by atoms with Crippen molar-refractivity contribution in [3.63, 3.8) is 0 Å². The molecule has 4 atom stereocenters. The second-order valence-corrected chi connectivity index (χ2v) is 7.60. The molecule has 0 spiro atoms. The summed E-state index contributed by atoms with van der Waals surface area (Å²) in [7, 11) is 0. The van der Waals surface area contributed by atoms with E-state index in [1.54, 1.807) is 29.4 Å². The molecular formula is C20H20FN7O. The molecule has 2 aliphatic rings. The number of phenols is 1. The summed E-state index contributed by atoms with van der Waals surface area (Å²) in [5.41, 5.74) is 2.23. The molecule has 2 bridgehead atoms. The van der Waals surface area contributed by atoms with Crippen LogP contribution in [-0.4, -0.2) is 53.3 Å². The van der Waals surface area contributed by atoms with Crippen molar-refractivity contribution in [2.24, 2.45) is 5.92 Å². The lowest BCUT2D eigenvalue weighted by Gasteiger charge is -2.33. The first-order valence-corrected chi connectivity index (χ1v) is 9.57. The molecule has 2 unspecified atom stereocenters. The van der Waals surface area contributed by atoms with E-state index in [9.17, 15) is 9.50 Å². The number of alkyl halides is 1. The monoisotopic (exact) mass is 393 g/mol. The summed E-state index contributed by atoms with van der Waals surface area (Å²) in [6, 6.07) is 5.36. The molecule has 8 nitrogen and oxygen atoms in total. The number of aromatic hydroxyl groups is 1. The Morgan fingerprint density at radius 1 is 1.21 bits per heavy atom. The number of hydrogen-bond acceptors (Lipinski definition) is 7. The molecule has 2 fully saturated rings. The minimum atomic E-state index is -0.987. The molecular weight excluding hydrogens is 373 g/mol. The van der Waals surface area contributed by atoms with Crippen LogP contribution in [0.25, 0.3) is 22.5 Å². The van der Waals surface area contributed by atoms with Crippen molar-refractivity contribution >= 4 is 5.57 Å².